The van der Waals surface area contributed by atoms with E-state index in [9.17, 15) is 4.79 Å². The smallest absolute Gasteiger partial charge is 0.408 e. The van der Waals surface area contributed by atoms with Crippen molar-refractivity contribution in [3.8, 4) is 0 Å². The third-order valence-electron chi connectivity index (χ3n) is 2.23. The fraction of sp³-hybridized carbons (Fsp3) is 0.900. The molecule has 90 valence electrons. The maximum absolute atomic E-state index is 11.4. The van der Waals surface area contributed by atoms with Crippen LogP contribution in [0.15, 0.2) is 0 Å². The number of hydrogen-bond acceptors (Lipinski definition) is 3. The topological polar surface area (TPSA) is 64.3 Å². The van der Waals surface area contributed by atoms with Gasteiger partial charge in [-0.25, -0.2) is 4.79 Å². The Bertz CT molecular complexity index is 232. The molecule has 0 radical (unpaired) electrons. The summed E-state index contributed by atoms with van der Waals surface area (Å²) in [6, 6.07) is 0.218. The van der Waals surface area contributed by atoms with Gasteiger partial charge in [0.05, 0.1) is 0 Å². The van der Waals surface area contributed by atoms with Crippen LogP contribution in [0.4, 0.5) is 4.79 Å². The van der Waals surface area contributed by atoms with E-state index in [0.717, 1.165) is 12.8 Å². The van der Waals surface area contributed by atoms with Crippen molar-refractivity contribution < 1.29 is 9.53 Å². The highest BCUT2D eigenvalue weighted by Gasteiger charge is 2.40. The normalized spacial score (nSPS) is 29.8. The molecule has 0 bridgehead atoms. The van der Waals surface area contributed by atoms with Gasteiger partial charge < -0.3 is 15.8 Å². The van der Waals surface area contributed by atoms with E-state index in [1.165, 1.54) is 0 Å². The molecular formula is C10H21ClN2O2. The predicted molar refractivity (Wildman–Crippen MR) is 62.2 cm³/mol. The minimum Gasteiger partial charge on any atom is -0.444 e. The molecule has 15 heavy (non-hydrogen) atoms. The van der Waals surface area contributed by atoms with Gasteiger partial charge in [0, 0.05) is 11.6 Å². The summed E-state index contributed by atoms with van der Waals surface area (Å²) in [6.07, 6.45) is 1.30. The lowest BCUT2D eigenvalue weighted by atomic mass is 9.75. The van der Waals surface area contributed by atoms with E-state index in [1.54, 1.807) is 0 Å². The molecule has 1 fully saturated rings. The Balaban J connectivity index is 0.00000196. The van der Waals surface area contributed by atoms with Crippen LogP contribution < -0.4 is 11.1 Å². The summed E-state index contributed by atoms with van der Waals surface area (Å²) >= 11 is 0. The Morgan fingerprint density at radius 2 is 1.93 bits per heavy atom. The molecule has 1 rings (SSSR count). The van der Waals surface area contributed by atoms with Crippen LogP contribution >= 0.6 is 12.4 Å². The Morgan fingerprint density at radius 1 is 1.47 bits per heavy atom. The quantitative estimate of drug-likeness (QED) is 0.730. The number of carbonyl (C=O) groups excluding carboxylic acids is 1. The molecule has 1 aliphatic rings. The minimum atomic E-state index is -0.438. The molecule has 0 aromatic heterocycles. The first-order chi connectivity index (χ1) is 6.20. The average molecular weight is 237 g/mol. The number of nitrogens with one attached hydrogen (secondary N) is 1. The van der Waals surface area contributed by atoms with Crippen molar-refractivity contribution >= 4 is 18.5 Å². The van der Waals surface area contributed by atoms with Crippen LogP contribution in [0.5, 0.6) is 0 Å². The van der Waals surface area contributed by atoms with Gasteiger partial charge in [-0.2, -0.15) is 0 Å². The van der Waals surface area contributed by atoms with E-state index < -0.39 is 5.60 Å². The number of carbonyl (C=O) groups is 1. The summed E-state index contributed by atoms with van der Waals surface area (Å²) in [5, 5.41) is 2.84. The van der Waals surface area contributed by atoms with E-state index in [0.29, 0.717) is 0 Å². The van der Waals surface area contributed by atoms with Crippen molar-refractivity contribution in [2.24, 2.45) is 5.73 Å². The highest BCUT2D eigenvalue weighted by atomic mass is 35.5. The zero-order valence-corrected chi connectivity index (χ0v) is 10.6. The molecule has 5 heteroatoms. The molecule has 1 amide bonds. The fourth-order valence-corrected chi connectivity index (χ4v) is 1.75. The van der Waals surface area contributed by atoms with E-state index in [-0.39, 0.29) is 30.1 Å². The Morgan fingerprint density at radius 3 is 2.27 bits per heavy atom. The first-order valence-corrected chi connectivity index (χ1v) is 4.97. The molecular weight excluding hydrogens is 216 g/mol. The van der Waals surface area contributed by atoms with Gasteiger partial charge in [0.15, 0.2) is 0 Å². The van der Waals surface area contributed by atoms with Crippen molar-refractivity contribution in [1.82, 2.24) is 5.32 Å². The summed E-state index contributed by atoms with van der Waals surface area (Å²) in [7, 11) is 0. The molecule has 4 nitrogen and oxygen atoms in total. The van der Waals surface area contributed by atoms with Crippen molar-refractivity contribution in [2.75, 3.05) is 0 Å². The number of rotatable bonds is 1. The molecule has 0 saturated heterocycles. The van der Waals surface area contributed by atoms with E-state index in [4.69, 9.17) is 10.5 Å². The van der Waals surface area contributed by atoms with Gasteiger partial charge in [-0.15, -0.1) is 12.4 Å². The number of alkyl carbamates (subject to hydrolysis) is 1. The van der Waals surface area contributed by atoms with Crippen LogP contribution in [0.3, 0.4) is 0 Å². The largest absolute Gasteiger partial charge is 0.444 e. The lowest BCUT2D eigenvalue weighted by Gasteiger charge is -2.43. The Kier molecular flexibility index (Phi) is 4.43. The summed E-state index contributed by atoms with van der Waals surface area (Å²) in [6.45, 7) is 7.53. The van der Waals surface area contributed by atoms with Crippen LogP contribution in [0.1, 0.15) is 40.5 Å². The Hall–Kier alpha value is -0.480. The first-order valence-electron chi connectivity index (χ1n) is 4.97. The summed E-state index contributed by atoms with van der Waals surface area (Å²) in [5.41, 5.74) is 5.06. The second-order valence-corrected chi connectivity index (χ2v) is 5.36. The second kappa shape index (κ2) is 4.58. The zero-order valence-electron chi connectivity index (χ0n) is 9.79. The monoisotopic (exact) mass is 236 g/mol. The molecule has 0 aromatic carbocycles. The summed E-state index contributed by atoms with van der Waals surface area (Å²) in [4.78, 5) is 11.4. The number of ether oxygens (including phenoxy) is 1. The van der Waals surface area contributed by atoms with Crippen molar-refractivity contribution in [1.29, 1.82) is 0 Å². The van der Waals surface area contributed by atoms with Crippen molar-refractivity contribution in [3.05, 3.63) is 0 Å². The molecule has 0 spiro atoms. The first kappa shape index (κ1) is 14.5. The number of hydrogen-bond donors (Lipinski definition) is 2. The molecule has 0 unspecified atom stereocenters. The standard InChI is InChI=1S/C10H20N2O2.ClH/c1-9(2,3)14-8(13)12-10(4)5-7(11)6-10;/h7H,5-6,11H2,1-4H3,(H,12,13);1H. The van der Waals surface area contributed by atoms with Crippen molar-refractivity contribution in [2.45, 2.75) is 57.7 Å². The summed E-state index contributed by atoms with van der Waals surface area (Å²) < 4.78 is 5.15. The van der Waals surface area contributed by atoms with Gasteiger partial charge >= 0.3 is 6.09 Å². The van der Waals surface area contributed by atoms with Crippen LogP contribution in [0.2, 0.25) is 0 Å². The Labute approximate surface area is 97.3 Å². The van der Waals surface area contributed by atoms with Gasteiger partial charge in [-0.05, 0) is 40.5 Å². The number of nitrogens with two attached hydrogens (primary N) is 1. The minimum absolute atomic E-state index is 0. The molecule has 0 aromatic rings. The lowest BCUT2D eigenvalue weighted by Crippen LogP contribution is -2.60. The van der Waals surface area contributed by atoms with Crippen LogP contribution in [0, 0.1) is 0 Å². The highest BCUT2D eigenvalue weighted by Crippen LogP contribution is 2.30. The number of halogens is 1. The molecule has 0 aliphatic heterocycles. The van der Waals surface area contributed by atoms with Crippen molar-refractivity contribution in [3.63, 3.8) is 0 Å². The van der Waals surface area contributed by atoms with E-state index >= 15 is 0 Å². The van der Waals surface area contributed by atoms with Gasteiger partial charge in [0.25, 0.3) is 0 Å². The molecule has 0 atom stereocenters. The molecule has 1 aliphatic carbocycles. The maximum atomic E-state index is 11.4. The molecule has 3 N–H and O–H groups in total. The maximum Gasteiger partial charge on any atom is 0.408 e. The SMILES string of the molecule is CC1(NC(=O)OC(C)(C)C)CC(N)C1.Cl. The lowest BCUT2D eigenvalue weighted by molar-refractivity contribution is 0.0386. The van der Waals surface area contributed by atoms with Crippen LogP contribution in [-0.4, -0.2) is 23.3 Å². The molecule has 1 saturated carbocycles. The van der Waals surface area contributed by atoms with E-state index in [1.807, 2.05) is 27.7 Å². The van der Waals surface area contributed by atoms with Gasteiger partial charge in [-0.1, -0.05) is 0 Å². The average Bonchev–Trinajstić information content (AvgIpc) is 1.76. The van der Waals surface area contributed by atoms with E-state index in [2.05, 4.69) is 5.32 Å². The molecule has 0 heterocycles. The van der Waals surface area contributed by atoms with Gasteiger partial charge in [0.1, 0.15) is 5.60 Å². The number of amides is 1. The zero-order chi connectivity index (χ0) is 11.0. The predicted octanol–water partition coefficient (Wildman–Crippen LogP) is 1.81. The second-order valence-electron chi connectivity index (χ2n) is 5.36. The third-order valence-corrected chi connectivity index (χ3v) is 2.23. The van der Waals surface area contributed by atoms with Gasteiger partial charge in [0.2, 0.25) is 0 Å². The fourth-order valence-electron chi connectivity index (χ4n) is 1.75. The van der Waals surface area contributed by atoms with Crippen LogP contribution in [0.25, 0.3) is 0 Å². The summed E-state index contributed by atoms with van der Waals surface area (Å²) in [5.74, 6) is 0. The van der Waals surface area contributed by atoms with Gasteiger partial charge in [-0.3, -0.25) is 0 Å². The highest BCUT2D eigenvalue weighted by molar-refractivity contribution is 5.85. The third kappa shape index (κ3) is 4.71. The van der Waals surface area contributed by atoms with Crippen LogP contribution in [-0.2, 0) is 4.74 Å².